The smallest absolute Gasteiger partial charge is 0.138 e. The first-order valence-corrected chi connectivity index (χ1v) is 7.29. The minimum absolute atomic E-state index is 0.760. The Morgan fingerprint density at radius 3 is 2.48 bits per heavy atom. The average molecular weight is 279 g/mol. The third-order valence-corrected chi connectivity index (χ3v) is 3.88. The van der Waals surface area contributed by atoms with Crippen LogP contribution in [0.25, 0.3) is 0 Å². The Bertz CT molecular complexity index is 690. The third kappa shape index (κ3) is 2.28. The highest BCUT2D eigenvalue weighted by Crippen LogP contribution is 2.34. The van der Waals surface area contributed by atoms with E-state index in [-0.39, 0.29) is 0 Å². The number of amidine groups is 1. The number of nitrogens with one attached hydrogen (secondary N) is 1. The number of morpholine rings is 1. The lowest BCUT2D eigenvalue weighted by atomic mass is 10.1. The van der Waals surface area contributed by atoms with Gasteiger partial charge in [0, 0.05) is 24.3 Å². The molecule has 2 aromatic carbocycles. The van der Waals surface area contributed by atoms with Gasteiger partial charge in [-0.1, -0.05) is 24.3 Å². The lowest BCUT2D eigenvalue weighted by Crippen LogP contribution is -2.41. The number of hydrogen-bond donors (Lipinski definition) is 1. The topological polar surface area (TPSA) is 36.9 Å². The summed E-state index contributed by atoms with van der Waals surface area (Å²) in [6.45, 7) is 3.29. The summed E-state index contributed by atoms with van der Waals surface area (Å²) >= 11 is 0. The van der Waals surface area contributed by atoms with Gasteiger partial charge in [-0.25, -0.2) is 4.99 Å². The van der Waals surface area contributed by atoms with Crippen molar-refractivity contribution in [3.05, 3.63) is 54.1 Å². The molecule has 0 unspecified atom stereocenters. The number of hydrogen-bond acceptors (Lipinski definition) is 4. The summed E-state index contributed by atoms with van der Waals surface area (Å²) in [5, 5.41) is 3.50. The fourth-order valence-electron chi connectivity index (χ4n) is 2.80. The van der Waals surface area contributed by atoms with Crippen LogP contribution in [0, 0.1) is 0 Å². The molecule has 2 aromatic rings. The maximum absolute atomic E-state index is 5.47. The van der Waals surface area contributed by atoms with Crippen LogP contribution in [0.4, 0.5) is 17.1 Å². The number of para-hydroxylation sites is 3. The SMILES string of the molecule is c1ccc2c(c1)N=C(N1CCOCC1)c1ccccc1N2. The third-order valence-electron chi connectivity index (χ3n) is 3.88. The second kappa shape index (κ2) is 5.22. The minimum Gasteiger partial charge on any atom is -0.378 e. The average Bonchev–Trinajstić information content (AvgIpc) is 2.72. The van der Waals surface area contributed by atoms with Gasteiger partial charge in [0.1, 0.15) is 5.84 Å². The molecule has 1 N–H and O–H groups in total. The van der Waals surface area contributed by atoms with Gasteiger partial charge in [0.05, 0.1) is 24.6 Å². The number of benzene rings is 2. The van der Waals surface area contributed by atoms with Crippen molar-refractivity contribution < 1.29 is 4.74 Å². The quantitative estimate of drug-likeness (QED) is 0.805. The highest BCUT2D eigenvalue weighted by molar-refractivity contribution is 6.07. The van der Waals surface area contributed by atoms with E-state index in [1.54, 1.807) is 0 Å². The van der Waals surface area contributed by atoms with Crippen LogP contribution in [-0.4, -0.2) is 37.0 Å². The van der Waals surface area contributed by atoms with Crippen LogP contribution in [0.15, 0.2) is 53.5 Å². The summed E-state index contributed by atoms with van der Waals surface area (Å²) in [7, 11) is 0. The molecule has 0 radical (unpaired) electrons. The molecule has 4 rings (SSSR count). The zero-order chi connectivity index (χ0) is 14.1. The van der Waals surface area contributed by atoms with Crippen molar-refractivity contribution in [1.82, 2.24) is 4.90 Å². The molecular formula is C17H17N3O. The van der Waals surface area contributed by atoms with Gasteiger partial charge in [0.2, 0.25) is 0 Å². The predicted octanol–water partition coefficient (Wildman–Crippen LogP) is 3.15. The lowest BCUT2D eigenvalue weighted by Gasteiger charge is -2.30. The molecular weight excluding hydrogens is 262 g/mol. The van der Waals surface area contributed by atoms with E-state index in [0.29, 0.717) is 0 Å². The molecule has 0 bridgehead atoms. The molecule has 21 heavy (non-hydrogen) atoms. The van der Waals surface area contributed by atoms with Gasteiger partial charge in [-0.15, -0.1) is 0 Å². The molecule has 2 heterocycles. The maximum Gasteiger partial charge on any atom is 0.138 e. The molecule has 0 amide bonds. The van der Waals surface area contributed by atoms with Crippen molar-refractivity contribution in [2.75, 3.05) is 31.6 Å². The first-order chi connectivity index (χ1) is 10.4. The summed E-state index contributed by atoms with van der Waals surface area (Å²) in [4.78, 5) is 7.24. The van der Waals surface area contributed by atoms with Crippen molar-refractivity contribution in [1.29, 1.82) is 0 Å². The van der Waals surface area contributed by atoms with E-state index in [4.69, 9.17) is 9.73 Å². The summed E-state index contributed by atoms with van der Waals surface area (Å²) in [5.41, 5.74) is 4.28. The van der Waals surface area contributed by atoms with Crippen LogP contribution in [0.1, 0.15) is 5.56 Å². The van der Waals surface area contributed by atoms with E-state index in [1.807, 2.05) is 12.1 Å². The summed E-state index contributed by atoms with van der Waals surface area (Å²) in [6.07, 6.45) is 0. The fourth-order valence-corrected chi connectivity index (χ4v) is 2.80. The fraction of sp³-hybridized carbons (Fsp3) is 0.235. The molecule has 1 fully saturated rings. The lowest BCUT2D eigenvalue weighted by molar-refractivity contribution is 0.0683. The van der Waals surface area contributed by atoms with E-state index < -0.39 is 0 Å². The van der Waals surface area contributed by atoms with Crippen molar-refractivity contribution in [3.8, 4) is 0 Å². The molecule has 0 spiro atoms. The predicted molar refractivity (Wildman–Crippen MR) is 84.8 cm³/mol. The zero-order valence-corrected chi connectivity index (χ0v) is 11.7. The second-order valence-corrected chi connectivity index (χ2v) is 5.22. The number of nitrogens with zero attached hydrogens (tertiary/aromatic N) is 2. The molecule has 1 saturated heterocycles. The Morgan fingerprint density at radius 1 is 0.905 bits per heavy atom. The molecule has 0 saturated carbocycles. The minimum atomic E-state index is 0.760. The molecule has 0 aliphatic carbocycles. The maximum atomic E-state index is 5.47. The number of rotatable bonds is 0. The van der Waals surface area contributed by atoms with Crippen LogP contribution in [0.3, 0.4) is 0 Å². The van der Waals surface area contributed by atoms with Gasteiger partial charge in [-0.2, -0.15) is 0 Å². The number of anilines is 2. The first kappa shape index (κ1) is 12.4. The second-order valence-electron chi connectivity index (χ2n) is 5.22. The van der Waals surface area contributed by atoms with Crippen molar-refractivity contribution in [3.63, 3.8) is 0 Å². The molecule has 106 valence electrons. The normalized spacial score (nSPS) is 17.1. The van der Waals surface area contributed by atoms with Gasteiger partial charge < -0.3 is 15.0 Å². The van der Waals surface area contributed by atoms with E-state index >= 15 is 0 Å². The highest BCUT2D eigenvalue weighted by Gasteiger charge is 2.22. The van der Waals surface area contributed by atoms with E-state index in [1.165, 1.54) is 0 Å². The Balaban J connectivity index is 1.87. The highest BCUT2D eigenvalue weighted by atomic mass is 16.5. The summed E-state index contributed by atoms with van der Waals surface area (Å²) < 4.78 is 5.47. The van der Waals surface area contributed by atoms with Crippen LogP contribution in [-0.2, 0) is 4.74 Å². The zero-order valence-electron chi connectivity index (χ0n) is 11.7. The van der Waals surface area contributed by atoms with Crippen LogP contribution >= 0.6 is 0 Å². The van der Waals surface area contributed by atoms with Crippen LogP contribution in [0.5, 0.6) is 0 Å². The summed E-state index contributed by atoms with van der Waals surface area (Å²) in [6, 6.07) is 16.5. The standard InChI is InChI=1S/C17H17N3O/c1-2-6-14-13(5-1)17(20-9-11-21-12-10-20)19-16-8-4-3-7-15(16)18-14/h1-8,18H,9-12H2. The summed E-state index contributed by atoms with van der Waals surface area (Å²) in [5.74, 6) is 1.03. The molecule has 4 heteroatoms. The molecule has 0 aromatic heterocycles. The number of ether oxygens (including phenoxy) is 1. The van der Waals surface area contributed by atoms with Crippen molar-refractivity contribution in [2.45, 2.75) is 0 Å². The van der Waals surface area contributed by atoms with Crippen LogP contribution < -0.4 is 5.32 Å². The molecule has 4 nitrogen and oxygen atoms in total. The first-order valence-electron chi connectivity index (χ1n) is 7.29. The van der Waals surface area contributed by atoms with Crippen molar-refractivity contribution >= 4 is 22.9 Å². The molecule has 2 aliphatic rings. The van der Waals surface area contributed by atoms with E-state index in [0.717, 1.165) is 54.8 Å². The van der Waals surface area contributed by atoms with Gasteiger partial charge in [0.15, 0.2) is 0 Å². The van der Waals surface area contributed by atoms with Gasteiger partial charge >= 0.3 is 0 Å². The Hall–Kier alpha value is -2.33. The molecule has 0 atom stereocenters. The van der Waals surface area contributed by atoms with Gasteiger partial charge in [0.25, 0.3) is 0 Å². The van der Waals surface area contributed by atoms with E-state index in [2.05, 4.69) is 46.6 Å². The molecule has 2 aliphatic heterocycles. The van der Waals surface area contributed by atoms with Crippen LogP contribution in [0.2, 0.25) is 0 Å². The monoisotopic (exact) mass is 279 g/mol. The van der Waals surface area contributed by atoms with Gasteiger partial charge in [-0.3, -0.25) is 0 Å². The van der Waals surface area contributed by atoms with Gasteiger partial charge in [-0.05, 0) is 24.3 Å². The number of fused-ring (bicyclic) bond motifs is 2. The van der Waals surface area contributed by atoms with E-state index in [9.17, 15) is 0 Å². The Morgan fingerprint density at radius 2 is 1.62 bits per heavy atom. The Labute approximate surface area is 124 Å². The Kier molecular flexibility index (Phi) is 3.09. The largest absolute Gasteiger partial charge is 0.378 e. The van der Waals surface area contributed by atoms with Crippen molar-refractivity contribution in [2.24, 2.45) is 4.99 Å². The number of aliphatic imine (C=N–C) groups is 1.